The Kier molecular flexibility index (Phi) is 6.96. The topological polar surface area (TPSA) is 66.9 Å². The lowest BCUT2D eigenvalue weighted by molar-refractivity contribution is -0.119. The number of carbonyl (C=O) groups is 1. The van der Waals surface area contributed by atoms with Gasteiger partial charge in [0.25, 0.3) is 0 Å². The number of nitrogens with one attached hydrogen (secondary N) is 2. The highest BCUT2D eigenvalue weighted by Gasteiger charge is 2.17. The van der Waals surface area contributed by atoms with Crippen LogP contribution in [-0.4, -0.2) is 21.9 Å². The molecule has 1 aromatic heterocycles. The molecule has 0 aliphatic carbocycles. The molecule has 0 saturated heterocycles. The SMILES string of the molecule is Cc1ccccc1Nc1nnc(SCC(=O)NC(c2ccccc2)c2ccccc2)s1. The molecule has 0 aliphatic rings. The molecule has 1 heterocycles. The molecule has 4 aromatic rings. The van der Waals surface area contributed by atoms with Crippen molar-refractivity contribution < 1.29 is 4.79 Å². The molecule has 156 valence electrons. The second-order valence-corrected chi connectivity index (χ2v) is 9.12. The summed E-state index contributed by atoms with van der Waals surface area (Å²) < 4.78 is 0.752. The number of thioether (sulfide) groups is 1. The summed E-state index contributed by atoms with van der Waals surface area (Å²) in [6, 6.07) is 27.8. The van der Waals surface area contributed by atoms with Crippen LogP contribution in [0.4, 0.5) is 10.8 Å². The normalized spacial score (nSPS) is 10.8. The summed E-state index contributed by atoms with van der Waals surface area (Å²) in [6.45, 7) is 2.04. The van der Waals surface area contributed by atoms with Gasteiger partial charge < -0.3 is 10.6 Å². The number of nitrogens with zero attached hydrogens (tertiary/aromatic N) is 2. The van der Waals surface area contributed by atoms with E-state index in [1.165, 1.54) is 23.1 Å². The Bertz CT molecular complexity index is 1090. The summed E-state index contributed by atoms with van der Waals surface area (Å²) in [6.07, 6.45) is 0. The van der Waals surface area contributed by atoms with E-state index in [0.717, 1.165) is 26.7 Å². The molecule has 0 fully saturated rings. The van der Waals surface area contributed by atoms with Crippen LogP contribution in [0.5, 0.6) is 0 Å². The highest BCUT2D eigenvalue weighted by atomic mass is 32.2. The number of benzene rings is 3. The lowest BCUT2D eigenvalue weighted by Gasteiger charge is -2.19. The van der Waals surface area contributed by atoms with E-state index >= 15 is 0 Å². The van der Waals surface area contributed by atoms with Crippen molar-refractivity contribution >= 4 is 39.8 Å². The van der Waals surface area contributed by atoms with Crippen LogP contribution in [-0.2, 0) is 4.79 Å². The summed E-state index contributed by atoms with van der Waals surface area (Å²) in [5, 5.41) is 15.5. The van der Waals surface area contributed by atoms with Crippen molar-refractivity contribution in [2.24, 2.45) is 0 Å². The maximum atomic E-state index is 12.7. The van der Waals surface area contributed by atoms with Gasteiger partial charge in [-0.05, 0) is 29.7 Å². The summed E-state index contributed by atoms with van der Waals surface area (Å²) >= 11 is 2.83. The van der Waals surface area contributed by atoms with Gasteiger partial charge in [0.2, 0.25) is 11.0 Å². The van der Waals surface area contributed by atoms with Gasteiger partial charge in [0.15, 0.2) is 4.34 Å². The molecular weight excluding hydrogens is 424 g/mol. The van der Waals surface area contributed by atoms with Crippen LogP contribution in [0.1, 0.15) is 22.7 Å². The summed E-state index contributed by atoms with van der Waals surface area (Å²) in [5.41, 5.74) is 4.24. The summed E-state index contributed by atoms with van der Waals surface area (Å²) in [5.74, 6) is 0.223. The van der Waals surface area contributed by atoms with Crippen molar-refractivity contribution in [1.82, 2.24) is 15.5 Å². The molecule has 1 amide bonds. The first-order valence-corrected chi connectivity index (χ1v) is 11.7. The molecule has 3 aromatic carbocycles. The maximum Gasteiger partial charge on any atom is 0.231 e. The Morgan fingerprint density at radius 1 is 0.903 bits per heavy atom. The van der Waals surface area contributed by atoms with Crippen LogP contribution in [0.3, 0.4) is 0 Å². The van der Waals surface area contributed by atoms with Gasteiger partial charge in [-0.1, -0.05) is 102 Å². The monoisotopic (exact) mass is 446 g/mol. The molecular formula is C24H22N4OS2. The second kappa shape index (κ2) is 10.2. The lowest BCUT2D eigenvalue weighted by Crippen LogP contribution is -2.30. The fourth-order valence-electron chi connectivity index (χ4n) is 3.13. The Hall–Kier alpha value is -3.16. The first kappa shape index (κ1) is 21.1. The van der Waals surface area contributed by atoms with Crippen LogP contribution in [0.25, 0.3) is 0 Å². The minimum atomic E-state index is -0.191. The van der Waals surface area contributed by atoms with E-state index in [2.05, 4.69) is 20.8 Å². The largest absolute Gasteiger partial charge is 0.344 e. The van der Waals surface area contributed by atoms with Crippen LogP contribution >= 0.6 is 23.1 Å². The smallest absolute Gasteiger partial charge is 0.231 e. The Morgan fingerprint density at radius 2 is 1.52 bits per heavy atom. The molecule has 0 spiro atoms. The number of carbonyl (C=O) groups excluding carboxylic acids is 1. The Morgan fingerprint density at radius 3 is 2.16 bits per heavy atom. The van der Waals surface area contributed by atoms with Gasteiger partial charge in [0, 0.05) is 5.69 Å². The number of aromatic nitrogens is 2. The first-order valence-electron chi connectivity index (χ1n) is 9.87. The van der Waals surface area contributed by atoms with Gasteiger partial charge in [0.05, 0.1) is 11.8 Å². The molecule has 0 bridgehead atoms. The number of aryl methyl sites for hydroxylation is 1. The molecule has 7 heteroatoms. The predicted molar refractivity (Wildman–Crippen MR) is 128 cm³/mol. The predicted octanol–water partition coefficient (Wildman–Crippen LogP) is 5.59. The molecule has 5 nitrogen and oxygen atoms in total. The molecule has 0 unspecified atom stereocenters. The highest BCUT2D eigenvalue weighted by Crippen LogP contribution is 2.29. The quantitative estimate of drug-likeness (QED) is 0.346. The van der Waals surface area contributed by atoms with Crippen molar-refractivity contribution in [2.45, 2.75) is 17.3 Å². The van der Waals surface area contributed by atoms with E-state index in [1.54, 1.807) is 0 Å². The van der Waals surface area contributed by atoms with E-state index in [4.69, 9.17) is 0 Å². The maximum absolute atomic E-state index is 12.7. The Balaban J connectivity index is 1.38. The molecule has 31 heavy (non-hydrogen) atoms. The number of rotatable bonds is 8. The van der Waals surface area contributed by atoms with Gasteiger partial charge in [-0.25, -0.2) is 0 Å². The molecule has 0 radical (unpaired) electrons. The Labute approximate surface area is 189 Å². The van der Waals surface area contributed by atoms with Crippen LogP contribution in [0.15, 0.2) is 89.3 Å². The van der Waals surface area contributed by atoms with Gasteiger partial charge in [-0.2, -0.15) is 0 Å². The zero-order valence-corrected chi connectivity index (χ0v) is 18.6. The fraction of sp³-hybridized carbons (Fsp3) is 0.125. The third-order valence-corrected chi connectivity index (χ3v) is 6.66. The number of amides is 1. The van der Waals surface area contributed by atoms with E-state index in [0.29, 0.717) is 5.13 Å². The van der Waals surface area contributed by atoms with E-state index < -0.39 is 0 Å². The standard InChI is InChI=1S/C24H22N4OS2/c1-17-10-8-9-15-20(17)25-23-27-28-24(31-23)30-16-21(29)26-22(18-11-4-2-5-12-18)19-13-6-3-7-14-19/h2-15,22H,16H2,1H3,(H,25,27)(H,26,29). The number of anilines is 2. The van der Waals surface area contributed by atoms with Gasteiger partial charge in [-0.15, -0.1) is 10.2 Å². The van der Waals surface area contributed by atoms with E-state index in [1.807, 2.05) is 91.9 Å². The summed E-state index contributed by atoms with van der Waals surface area (Å²) in [7, 11) is 0. The number of hydrogen-bond donors (Lipinski definition) is 2. The fourth-order valence-corrected chi connectivity index (χ4v) is 4.70. The van der Waals surface area contributed by atoms with Crippen molar-refractivity contribution in [3.05, 3.63) is 102 Å². The number of para-hydroxylation sites is 1. The van der Waals surface area contributed by atoms with Gasteiger partial charge >= 0.3 is 0 Å². The molecule has 0 atom stereocenters. The first-order chi connectivity index (χ1) is 15.2. The van der Waals surface area contributed by atoms with Crippen molar-refractivity contribution in [3.63, 3.8) is 0 Å². The minimum absolute atomic E-state index is 0.0497. The van der Waals surface area contributed by atoms with E-state index in [-0.39, 0.29) is 17.7 Å². The third-order valence-electron chi connectivity index (χ3n) is 4.69. The second-order valence-electron chi connectivity index (χ2n) is 6.92. The average Bonchev–Trinajstić information content (AvgIpc) is 3.26. The van der Waals surface area contributed by atoms with Crippen LogP contribution < -0.4 is 10.6 Å². The highest BCUT2D eigenvalue weighted by molar-refractivity contribution is 8.01. The zero-order valence-electron chi connectivity index (χ0n) is 17.0. The lowest BCUT2D eigenvalue weighted by atomic mass is 9.99. The molecule has 2 N–H and O–H groups in total. The molecule has 0 saturated carbocycles. The number of hydrogen-bond acceptors (Lipinski definition) is 6. The van der Waals surface area contributed by atoms with Gasteiger partial charge in [-0.3, -0.25) is 4.79 Å². The van der Waals surface area contributed by atoms with Crippen molar-refractivity contribution in [1.29, 1.82) is 0 Å². The van der Waals surface area contributed by atoms with Crippen molar-refractivity contribution in [3.8, 4) is 0 Å². The molecule has 0 aliphatic heterocycles. The van der Waals surface area contributed by atoms with Gasteiger partial charge in [0.1, 0.15) is 0 Å². The van der Waals surface area contributed by atoms with Crippen LogP contribution in [0, 0.1) is 6.92 Å². The summed E-state index contributed by atoms with van der Waals surface area (Å²) in [4.78, 5) is 12.7. The zero-order chi connectivity index (χ0) is 21.5. The average molecular weight is 447 g/mol. The minimum Gasteiger partial charge on any atom is -0.344 e. The van der Waals surface area contributed by atoms with E-state index in [9.17, 15) is 4.79 Å². The van der Waals surface area contributed by atoms with Crippen LogP contribution in [0.2, 0.25) is 0 Å². The molecule has 4 rings (SSSR count). The van der Waals surface area contributed by atoms with Crippen molar-refractivity contribution in [2.75, 3.05) is 11.1 Å². The third kappa shape index (κ3) is 5.71.